The third-order valence-electron chi connectivity index (χ3n) is 3.61. The average Bonchev–Trinajstić information content (AvgIpc) is 2.47. The Morgan fingerprint density at radius 1 is 0.700 bits per heavy atom. The first-order valence-electron chi connectivity index (χ1n) is 6.84. The lowest BCUT2D eigenvalue weighted by Gasteiger charge is -2.24. The van der Waals surface area contributed by atoms with Gasteiger partial charge in [0.2, 0.25) is 0 Å². The van der Waals surface area contributed by atoms with Crippen molar-refractivity contribution in [3.8, 4) is 0 Å². The van der Waals surface area contributed by atoms with Gasteiger partial charge in [-0.2, -0.15) is 0 Å². The molecule has 0 saturated heterocycles. The van der Waals surface area contributed by atoms with Crippen molar-refractivity contribution in [1.82, 2.24) is 0 Å². The lowest BCUT2D eigenvalue weighted by Crippen LogP contribution is -2.53. The monoisotopic (exact) mass is 286 g/mol. The van der Waals surface area contributed by atoms with Crippen molar-refractivity contribution >= 4 is 19.2 Å². The summed E-state index contributed by atoms with van der Waals surface area (Å²) in [5.41, 5.74) is 2.55. The predicted molar refractivity (Wildman–Crippen MR) is 86.6 cm³/mol. The summed E-state index contributed by atoms with van der Waals surface area (Å²) in [6, 6.07) is 17.5. The van der Waals surface area contributed by atoms with Crippen LogP contribution in [0.2, 0.25) is 0 Å². The molecule has 3 heteroatoms. The fourth-order valence-corrected chi connectivity index (χ4v) is 5.19. The van der Waals surface area contributed by atoms with Crippen LogP contribution in [0.4, 0.5) is 0 Å². The first-order valence-corrected chi connectivity index (χ1v) is 8.66. The van der Waals surface area contributed by atoms with Crippen LogP contribution in [-0.2, 0) is 9.47 Å². The molecule has 0 aromatic heterocycles. The first kappa shape index (κ1) is 15.0. The molecule has 0 N–H and O–H groups in total. The van der Waals surface area contributed by atoms with E-state index in [-0.39, 0.29) is 5.91 Å². The lowest BCUT2D eigenvalue weighted by atomic mass is 10.2. The number of hydrogen-bond donors (Lipinski definition) is 0. The molecule has 2 rings (SSSR count). The molecule has 2 nitrogen and oxygen atoms in total. The third-order valence-corrected chi connectivity index (χ3v) is 6.90. The summed E-state index contributed by atoms with van der Waals surface area (Å²) in [7, 11) is 1.89. The van der Waals surface area contributed by atoms with Gasteiger partial charge in [0.15, 0.2) is 8.80 Å². The van der Waals surface area contributed by atoms with Crippen LogP contribution in [0.1, 0.15) is 11.1 Å². The maximum atomic E-state index is 5.57. The van der Waals surface area contributed by atoms with Gasteiger partial charge in [0.1, 0.15) is 5.91 Å². The van der Waals surface area contributed by atoms with Crippen molar-refractivity contribution in [1.29, 1.82) is 0 Å². The summed E-state index contributed by atoms with van der Waals surface area (Å²) in [4.78, 5) is 0. The Hall–Kier alpha value is -1.42. The third kappa shape index (κ3) is 3.36. The molecule has 106 valence electrons. The largest absolute Gasteiger partial charge is 0.359 e. The van der Waals surface area contributed by atoms with E-state index in [2.05, 4.69) is 62.4 Å². The van der Waals surface area contributed by atoms with Crippen LogP contribution < -0.4 is 10.4 Å². The molecule has 0 heterocycles. The molecule has 0 aliphatic rings. The maximum absolute atomic E-state index is 5.57. The number of hydrogen-bond acceptors (Lipinski definition) is 2. The summed E-state index contributed by atoms with van der Waals surface area (Å²) in [5, 5.41) is 2.68. The van der Waals surface area contributed by atoms with Gasteiger partial charge in [-0.05, 0) is 13.8 Å². The van der Waals surface area contributed by atoms with E-state index in [4.69, 9.17) is 9.47 Å². The smallest absolute Gasteiger partial charge is 0.167 e. The van der Waals surface area contributed by atoms with Crippen molar-refractivity contribution < 1.29 is 9.47 Å². The van der Waals surface area contributed by atoms with Crippen molar-refractivity contribution in [3.05, 3.63) is 59.7 Å². The van der Waals surface area contributed by atoms with Crippen LogP contribution in [0.5, 0.6) is 0 Å². The van der Waals surface area contributed by atoms with Gasteiger partial charge in [-0.15, -0.1) is 0 Å². The molecular weight excluding hydrogens is 264 g/mol. The Morgan fingerprint density at radius 2 is 1.05 bits per heavy atom. The average molecular weight is 286 g/mol. The Labute approximate surface area is 123 Å². The number of aryl methyl sites for hydroxylation is 2. The minimum absolute atomic E-state index is 0.152. The molecule has 0 spiro atoms. The Morgan fingerprint density at radius 3 is 1.35 bits per heavy atom. The first-order chi connectivity index (χ1) is 9.65. The minimum Gasteiger partial charge on any atom is -0.359 e. The van der Waals surface area contributed by atoms with Gasteiger partial charge in [0.25, 0.3) is 0 Å². The molecule has 0 amide bonds. The van der Waals surface area contributed by atoms with E-state index >= 15 is 0 Å². The topological polar surface area (TPSA) is 18.5 Å². The van der Waals surface area contributed by atoms with Crippen LogP contribution in [-0.4, -0.2) is 28.9 Å². The van der Waals surface area contributed by atoms with Crippen LogP contribution in [0.15, 0.2) is 48.5 Å². The maximum Gasteiger partial charge on any atom is 0.167 e. The second kappa shape index (κ2) is 6.84. The van der Waals surface area contributed by atoms with Crippen LogP contribution in [0, 0.1) is 13.8 Å². The van der Waals surface area contributed by atoms with E-state index in [1.165, 1.54) is 21.5 Å². The Balaban J connectivity index is 2.43. The van der Waals surface area contributed by atoms with Crippen molar-refractivity contribution in [2.24, 2.45) is 0 Å². The van der Waals surface area contributed by atoms with Crippen LogP contribution in [0.25, 0.3) is 0 Å². The quantitative estimate of drug-likeness (QED) is 0.616. The fraction of sp³-hybridized carbons (Fsp3) is 0.294. The standard InChI is InChI=1S/C17H22O2Si/c1-13-5-9-15(10-6-13)20(17(18-3)19-4)16-11-7-14(2)8-12-16/h5-12,17,20H,1-4H3. The molecule has 0 saturated carbocycles. The summed E-state index contributed by atoms with van der Waals surface area (Å²) in [5.74, 6) is -0.152. The zero-order chi connectivity index (χ0) is 14.5. The molecule has 0 bridgehead atoms. The summed E-state index contributed by atoms with van der Waals surface area (Å²) >= 11 is 0. The number of ether oxygens (including phenoxy) is 2. The molecular formula is C17H22O2Si. The summed E-state index contributed by atoms with van der Waals surface area (Å²) < 4.78 is 11.1. The van der Waals surface area contributed by atoms with Gasteiger partial charge >= 0.3 is 0 Å². The highest BCUT2D eigenvalue weighted by Gasteiger charge is 2.26. The van der Waals surface area contributed by atoms with Crippen molar-refractivity contribution in [2.45, 2.75) is 19.8 Å². The molecule has 0 unspecified atom stereocenters. The number of benzene rings is 2. The van der Waals surface area contributed by atoms with Gasteiger partial charge in [0, 0.05) is 14.2 Å². The van der Waals surface area contributed by atoms with Crippen LogP contribution >= 0.6 is 0 Å². The molecule has 20 heavy (non-hydrogen) atoms. The molecule has 2 aromatic rings. The molecule has 0 aliphatic carbocycles. The van der Waals surface area contributed by atoms with Crippen molar-refractivity contribution in [3.63, 3.8) is 0 Å². The second-order valence-electron chi connectivity index (χ2n) is 5.14. The van der Waals surface area contributed by atoms with E-state index in [0.717, 1.165) is 0 Å². The van der Waals surface area contributed by atoms with E-state index in [0.29, 0.717) is 0 Å². The minimum atomic E-state index is -1.55. The summed E-state index contributed by atoms with van der Waals surface area (Å²) in [6.07, 6.45) is 0. The Bertz CT molecular complexity index is 484. The zero-order valence-electron chi connectivity index (χ0n) is 12.6. The van der Waals surface area contributed by atoms with Gasteiger partial charge in [-0.1, -0.05) is 70.0 Å². The zero-order valence-corrected chi connectivity index (χ0v) is 13.7. The molecule has 0 radical (unpaired) electrons. The van der Waals surface area contributed by atoms with Gasteiger partial charge in [-0.3, -0.25) is 0 Å². The highest BCUT2D eigenvalue weighted by atomic mass is 28.3. The highest BCUT2D eigenvalue weighted by Crippen LogP contribution is 2.04. The SMILES string of the molecule is COC(OC)[SiH](c1ccc(C)cc1)c1ccc(C)cc1. The highest BCUT2D eigenvalue weighted by molar-refractivity contribution is 6.85. The number of methoxy groups -OCH3 is 2. The van der Waals surface area contributed by atoms with E-state index < -0.39 is 8.80 Å². The van der Waals surface area contributed by atoms with E-state index in [1.807, 2.05) is 0 Å². The second-order valence-corrected chi connectivity index (χ2v) is 7.97. The normalized spacial score (nSPS) is 11.3. The van der Waals surface area contributed by atoms with Crippen molar-refractivity contribution in [2.75, 3.05) is 14.2 Å². The van der Waals surface area contributed by atoms with E-state index in [1.54, 1.807) is 14.2 Å². The summed E-state index contributed by atoms with van der Waals surface area (Å²) in [6.45, 7) is 4.21. The molecule has 0 fully saturated rings. The van der Waals surface area contributed by atoms with Gasteiger partial charge < -0.3 is 9.47 Å². The fourth-order valence-electron chi connectivity index (χ4n) is 2.42. The predicted octanol–water partition coefficient (Wildman–Crippen LogP) is 1.80. The Kier molecular flexibility index (Phi) is 5.12. The van der Waals surface area contributed by atoms with Gasteiger partial charge in [-0.25, -0.2) is 0 Å². The number of rotatable bonds is 5. The van der Waals surface area contributed by atoms with E-state index in [9.17, 15) is 0 Å². The molecule has 0 aliphatic heterocycles. The molecule has 2 aromatic carbocycles. The molecule has 0 atom stereocenters. The van der Waals surface area contributed by atoms with Gasteiger partial charge in [0.05, 0.1) is 0 Å². The lowest BCUT2D eigenvalue weighted by molar-refractivity contribution is -0.0448. The van der Waals surface area contributed by atoms with Crippen LogP contribution in [0.3, 0.4) is 0 Å².